The number of ether oxygens (including phenoxy) is 2. The van der Waals surface area contributed by atoms with Gasteiger partial charge < -0.3 is 20.1 Å². The van der Waals surface area contributed by atoms with Gasteiger partial charge in [0.1, 0.15) is 11.5 Å². The van der Waals surface area contributed by atoms with Crippen LogP contribution in [-0.4, -0.2) is 36.2 Å². The molecule has 0 bridgehead atoms. The van der Waals surface area contributed by atoms with E-state index in [1.54, 1.807) is 43.3 Å². The minimum Gasteiger partial charge on any atom is -0.495 e. The fraction of sp³-hybridized carbons (Fsp3) is 0.167. The predicted octanol–water partition coefficient (Wildman–Crippen LogP) is 5.64. The maximum absolute atomic E-state index is 12.7. The molecule has 2 N–H and O–H groups in total. The third-order valence-corrected chi connectivity index (χ3v) is 6.27. The molecule has 1 atom stereocenters. The summed E-state index contributed by atoms with van der Waals surface area (Å²) in [5.41, 5.74) is 1.19. The number of carbonyl (C=O) groups is 2. The molecule has 0 radical (unpaired) electrons. The quantitative estimate of drug-likeness (QED) is 0.215. The lowest BCUT2D eigenvalue weighted by Gasteiger charge is -2.16. The van der Waals surface area contributed by atoms with Crippen molar-refractivity contribution in [2.24, 2.45) is 0 Å². The van der Waals surface area contributed by atoms with Crippen LogP contribution in [0.25, 0.3) is 0 Å². The van der Waals surface area contributed by atoms with E-state index < -0.39 is 10.2 Å². The molecule has 0 aliphatic rings. The number of anilines is 2. The highest BCUT2D eigenvalue weighted by Crippen LogP contribution is 2.36. The summed E-state index contributed by atoms with van der Waals surface area (Å²) in [4.78, 5) is 36.1. The molecule has 0 heterocycles. The Kier molecular flexibility index (Phi) is 8.56. The Morgan fingerprint density at radius 1 is 0.971 bits per heavy atom. The van der Waals surface area contributed by atoms with E-state index in [4.69, 9.17) is 21.1 Å². The van der Waals surface area contributed by atoms with Crippen LogP contribution in [0, 0.1) is 10.1 Å². The summed E-state index contributed by atoms with van der Waals surface area (Å²) in [7, 11) is 2.97. The molecule has 11 heteroatoms. The SMILES string of the molecule is COc1cc(OC)c(NC(=O)C(C)Sc2ccc(NC(=O)c3ccc([N+](=O)[O-])cc3)cc2)cc1Cl. The third kappa shape index (κ3) is 6.65. The summed E-state index contributed by atoms with van der Waals surface area (Å²) < 4.78 is 10.5. The number of carbonyl (C=O) groups excluding carboxylic acids is 2. The Hall–Kier alpha value is -3.76. The number of methoxy groups -OCH3 is 2. The van der Waals surface area contributed by atoms with E-state index in [2.05, 4.69) is 10.6 Å². The van der Waals surface area contributed by atoms with E-state index in [9.17, 15) is 19.7 Å². The zero-order valence-electron chi connectivity index (χ0n) is 19.0. The van der Waals surface area contributed by atoms with Crippen LogP contribution in [-0.2, 0) is 4.79 Å². The van der Waals surface area contributed by atoms with E-state index in [1.165, 1.54) is 50.2 Å². The molecule has 0 fully saturated rings. The first-order chi connectivity index (χ1) is 16.7. The monoisotopic (exact) mass is 515 g/mol. The number of amides is 2. The largest absolute Gasteiger partial charge is 0.495 e. The third-order valence-electron chi connectivity index (χ3n) is 4.87. The van der Waals surface area contributed by atoms with Gasteiger partial charge in [-0.25, -0.2) is 0 Å². The van der Waals surface area contributed by atoms with Crippen molar-refractivity contribution in [3.05, 3.63) is 81.4 Å². The van der Waals surface area contributed by atoms with Crippen molar-refractivity contribution in [1.82, 2.24) is 0 Å². The predicted molar refractivity (Wildman–Crippen MR) is 136 cm³/mol. The van der Waals surface area contributed by atoms with Crippen molar-refractivity contribution < 1.29 is 24.0 Å². The smallest absolute Gasteiger partial charge is 0.269 e. The van der Waals surface area contributed by atoms with Crippen molar-refractivity contribution >= 4 is 52.2 Å². The van der Waals surface area contributed by atoms with Crippen LogP contribution >= 0.6 is 23.4 Å². The van der Waals surface area contributed by atoms with Gasteiger partial charge in [0.25, 0.3) is 11.6 Å². The molecule has 0 saturated carbocycles. The Bertz CT molecular complexity index is 1240. The molecule has 0 aliphatic heterocycles. The molecule has 35 heavy (non-hydrogen) atoms. The lowest BCUT2D eigenvalue weighted by molar-refractivity contribution is -0.384. The molecule has 3 aromatic carbocycles. The zero-order valence-corrected chi connectivity index (χ0v) is 20.6. The molecule has 0 spiro atoms. The maximum Gasteiger partial charge on any atom is 0.269 e. The van der Waals surface area contributed by atoms with Crippen molar-refractivity contribution in [1.29, 1.82) is 0 Å². The molecule has 1 unspecified atom stereocenters. The highest BCUT2D eigenvalue weighted by molar-refractivity contribution is 8.00. The lowest BCUT2D eigenvalue weighted by atomic mass is 10.2. The first kappa shape index (κ1) is 25.9. The number of halogens is 1. The minimum atomic E-state index is -0.526. The topological polar surface area (TPSA) is 120 Å². The van der Waals surface area contributed by atoms with Gasteiger partial charge in [0.05, 0.1) is 35.1 Å². The number of nitro benzene ring substituents is 1. The van der Waals surface area contributed by atoms with Crippen molar-refractivity contribution in [2.75, 3.05) is 24.9 Å². The van der Waals surface area contributed by atoms with Gasteiger partial charge in [0.2, 0.25) is 5.91 Å². The van der Waals surface area contributed by atoms with Gasteiger partial charge in [-0.05, 0) is 49.4 Å². The van der Waals surface area contributed by atoms with E-state index in [-0.39, 0.29) is 17.5 Å². The van der Waals surface area contributed by atoms with Gasteiger partial charge in [-0.1, -0.05) is 11.6 Å². The van der Waals surface area contributed by atoms with E-state index >= 15 is 0 Å². The van der Waals surface area contributed by atoms with Crippen molar-refractivity contribution in [2.45, 2.75) is 17.1 Å². The summed E-state index contributed by atoms with van der Waals surface area (Å²) in [5, 5.41) is 16.2. The number of benzene rings is 3. The van der Waals surface area contributed by atoms with E-state index in [0.717, 1.165) is 4.90 Å². The first-order valence-electron chi connectivity index (χ1n) is 10.3. The second-order valence-corrected chi connectivity index (χ2v) is 9.04. The van der Waals surface area contributed by atoms with Crippen LogP contribution in [0.1, 0.15) is 17.3 Å². The summed E-state index contributed by atoms with van der Waals surface area (Å²) in [5.74, 6) is 0.222. The highest BCUT2D eigenvalue weighted by atomic mass is 35.5. The van der Waals surface area contributed by atoms with Crippen molar-refractivity contribution in [3.8, 4) is 11.5 Å². The van der Waals surface area contributed by atoms with Crippen LogP contribution < -0.4 is 20.1 Å². The maximum atomic E-state index is 12.7. The number of nitro groups is 1. The Morgan fingerprint density at radius 2 is 1.60 bits per heavy atom. The van der Waals surface area contributed by atoms with Crippen LogP contribution in [0.15, 0.2) is 65.6 Å². The molecule has 9 nitrogen and oxygen atoms in total. The average molecular weight is 516 g/mol. The molecule has 0 aromatic heterocycles. The standard InChI is InChI=1S/C24H22ClN3O6S/c1-14(23(29)27-20-12-19(25)21(33-2)13-22(20)34-3)35-18-10-6-16(7-11-18)26-24(30)15-4-8-17(9-5-15)28(31)32/h4-14H,1-3H3,(H,26,30)(H,27,29). The van der Waals surface area contributed by atoms with Crippen LogP contribution in [0.4, 0.5) is 17.1 Å². The van der Waals surface area contributed by atoms with E-state index in [0.29, 0.717) is 33.5 Å². The molecule has 0 aliphatic carbocycles. The normalized spacial score (nSPS) is 11.3. The summed E-state index contributed by atoms with van der Waals surface area (Å²) in [6, 6.07) is 15.5. The summed E-state index contributed by atoms with van der Waals surface area (Å²) in [6.07, 6.45) is 0. The number of non-ortho nitro benzene ring substituents is 1. The van der Waals surface area contributed by atoms with Gasteiger partial charge in [-0.15, -0.1) is 11.8 Å². The van der Waals surface area contributed by atoms with Gasteiger partial charge in [-0.3, -0.25) is 19.7 Å². The second kappa shape index (κ2) is 11.6. The van der Waals surface area contributed by atoms with Gasteiger partial charge >= 0.3 is 0 Å². The minimum absolute atomic E-state index is 0.0883. The Morgan fingerprint density at radius 3 is 2.17 bits per heavy atom. The van der Waals surface area contributed by atoms with Crippen LogP contribution in [0.3, 0.4) is 0 Å². The van der Waals surface area contributed by atoms with E-state index in [1.807, 2.05) is 0 Å². The molecular formula is C24H22ClN3O6S. The molecular weight excluding hydrogens is 494 g/mol. The molecule has 3 rings (SSSR count). The van der Waals surface area contributed by atoms with Gasteiger partial charge in [-0.2, -0.15) is 0 Å². The average Bonchev–Trinajstić information content (AvgIpc) is 2.85. The molecule has 2 amide bonds. The Labute approximate surface area is 210 Å². The van der Waals surface area contributed by atoms with Crippen molar-refractivity contribution in [3.63, 3.8) is 0 Å². The zero-order chi connectivity index (χ0) is 25.5. The number of thioether (sulfide) groups is 1. The molecule has 3 aromatic rings. The first-order valence-corrected chi connectivity index (χ1v) is 11.5. The fourth-order valence-electron chi connectivity index (χ4n) is 3.00. The number of nitrogens with one attached hydrogen (secondary N) is 2. The number of hydrogen-bond donors (Lipinski definition) is 2. The van der Waals surface area contributed by atoms with Gasteiger partial charge in [0, 0.05) is 34.3 Å². The van der Waals surface area contributed by atoms with Crippen LogP contribution in [0.5, 0.6) is 11.5 Å². The number of nitrogens with zero attached hydrogens (tertiary/aromatic N) is 1. The second-order valence-electron chi connectivity index (χ2n) is 7.22. The lowest BCUT2D eigenvalue weighted by Crippen LogP contribution is -2.22. The summed E-state index contributed by atoms with van der Waals surface area (Å²) in [6.45, 7) is 1.77. The highest BCUT2D eigenvalue weighted by Gasteiger charge is 2.18. The Balaban J connectivity index is 1.60. The number of rotatable bonds is 9. The van der Waals surface area contributed by atoms with Crippen LogP contribution in [0.2, 0.25) is 5.02 Å². The number of hydrogen-bond acceptors (Lipinski definition) is 7. The summed E-state index contributed by atoms with van der Waals surface area (Å²) >= 11 is 7.50. The molecule has 0 saturated heterocycles. The molecule has 182 valence electrons. The van der Waals surface area contributed by atoms with Gasteiger partial charge in [0.15, 0.2) is 0 Å². The fourth-order valence-corrected chi connectivity index (χ4v) is 4.11.